The van der Waals surface area contributed by atoms with E-state index in [2.05, 4.69) is 5.32 Å². The average molecular weight is 567 g/mol. The number of carboxylic acids is 2. The Hall–Kier alpha value is -3.82. The number of hydrogen-bond donors (Lipinski definition) is 4. The molecule has 0 saturated heterocycles. The van der Waals surface area contributed by atoms with Crippen LogP contribution in [-0.2, 0) is 15.0 Å². The van der Waals surface area contributed by atoms with Gasteiger partial charge in [-0.05, 0) is 63.1 Å². The third-order valence-electron chi connectivity index (χ3n) is 7.79. The number of para-hydroxylation sites is 1. The van der Waals surface area contributed by atoms with Gasteiger partial charge in [-0.15, -0.1) is 0 Å². The first-order chi connectivity index (χ1) is 19.6. The normalized spacial score (nSPS) is 15.6. The largest absolute Gasteiger partial charge is 0.497 e. The Balaban J connectivity index is 1.66. The van der Waals surface area contributed by atoms with Crippen LogP contribution in [0.4, 0.5) is 0 Å². The number of aliphatic hydroxyl groups excluding tert-OH is 1. The maximum atomic E-state index is 12.7. The maximum Gasteiger partial charge on any atom is 0.334 e. The number of carbonyl (C=O) groups is 2. The van der Waals surface area contributed by atoms with E-state index in [4.69, 9.17) is 9.47 Å². The van der Waals surface area contributed by atoms with E-state index in [1.807, 2.05) is 30.3 Å². The van der Waals surface area contributed by atoms with E-state index < -0.39 is 23.5 Å². The van der Waals surface area contributed by atoms with E-state index >= 15 is 0 Å². The van der Waals surface area contributed by atoms with Crippen molar-refractivity contribution >= 4 is 11.9 Å². The van der Waals surface area contributed by atoms with Gasteiger partial charge in [-0.2, -0.15) is 0 Å². The van der Waals surface area contributed by atoms with Gasteiger partial charge in [0.1, 0.15) is 24.2 Å². The number of ether oxygens (including phenoxy) is 2. The molecule has 41 heavy (non-hydrogen) atoms. The number of unbranched alkanes of at least 4 members (excludes halogenated alkanes) is 3. The number of nitrogens with one attached hydrogen (secondary N) is 1. The fraction of sp³-hybridized carbons (Fsp3) is 0.438. The van der Waals surface area contributed by atoms with Crippen molar-refractivity contribution in [2.75, 3.05) is 33.9 Å². The molecule has 0 saturated carbocycles. The molecule has 9 heteroatoms. The second-order valence-corrected chi connectivity index (χ2v) is 10.4. The van der Waals surface area contributed by atoms with E-state index in [1.54, 1.807) is 50.1 Å². The zero-order valence-electron chi connectivity index (χ0n) is 24.4. The molecule has 0 aromatic heterocycles. The van der Waals surface area contributed by atoms with E-state index in [0.717, 1.165) is 25.0 Å². The molecule has 1 atom stereocenters. The Bertz CT molecular complexity index is 1220. The van der Waals surface area contributed by atoms with Gasteiger partial charge >= 0.3 is 11.9 Å². The van der Waals surface area contributed by atoms with E-state index in [9.17, 15) is 24.9 Å². The molecule has 0 spiro atoms. The molecule has 222 valence electrons. The smallest absolute Gasteiger partial charge is 0.334 e. The number of nitrogens with zero attached hydrogens (tertiary/aromatic N) is 1. The van der Waals surface area contributed by atoms with Crippen LogP contribution in [0.3, 0.4) is 0 Å². The van der Waals surface area contributed by atoms with Gasteiger partial charge in [0.2, 0.25) is 0 Å². The lowest BCUT2D eigenvalue weighted by Crippen LogP contribution is -2.45. The molecule has 0 radical (unpaired) electrons. The predicted octanol–water partition coefficient (Wildman–Crippen LogP) is 4.58. The van der Waals surface area contributed by atoms with Gasteiger partial charge in [-0.3, -0.25) is 0 Å². The predicted molar refractivity (Wildman–Crippen MR) is 157 cm³/mol. The number of methoxy groups -OCH3 is 1. The Morgan fingerprint density at radius 1 is 0.902 bits per heavy atom. The first-order valence-corrected chi connectivity index (χ1v) is 14.0. The zero-order chi connectivity index (χ0) is 30.0. The van der Waals surface area contributed by atoms with Gasteiger partial charge < -0.3 is 35.0 Å². The molecular weight excluding hydrogens is 524 g/mol. The first kappa shape index (κ1) is 31.7. The molecular formula is C32H42N2O7. The third-order valence-corrected chi connectivity index (χ3v) is 7.79. The minimum atomic E-state index is -1.34. The standard InChI is InChI=1S/C32H42N2O7/c1-22-28(30(36)37)32(24-13-12-16-27(19-24)40-4,29(31(38)39)23(2)34(22)3)17-10-5-6-11-18-33-20-25(35)21-41-26-14-8-7-9-15-26/h7-9,12-16,19,25,33,35H,5-6,10-11,17-18,20-21H2,1-4H3,(H,36,37)(H,38,39). The minimum absolute atomic E-state index is 0.0737. The van der Waals surface area contributed by atoms with Crippen LogP contribution in [0, 0.1) is 0 Å². The Labute approximate surface area is 242 Å². The van der Waals surface area contributed by atoms with Crippen LogP contribution >= 0.6 is 0 Å². The minimum Gasteiger partial charge on any atom is -0.497 e. The van der Waals surface area contributed by atoms with Gasteiger partial charge in [0, 0.05) is 25.0 Å². The molecule has 0 aliphatic carbocycles. The number of carboxylic acid groups (broad SMARTS) is 2. The molecule has 0 fully saturated rings. The molecule has 0 amide bonds. The second kappa shape index (κ2) is 14.7. The number of allylic oxidation sites excluding steroid dienone is 2. The number of aliphatic carboxylic acids is 2. The number of benzene rings is 2. The van der Waals surface area contributed by atoms with E-state index in [1.165, 1.54) is 7.11 Å². The van der Waals surface area contributed by atoms with E-state index in [-0.39, 0.29) is 17.8 Å². The molecule has 1 aliphatic rings. The third kappa shape index (κ3) is 7.48. The molecule has 2 aromatic carbocycles. The van der Waals surface area contributed by atoms with Crippen LogP contribution in [0.1, 0.15) is 51.5 Å². The Morgan fingerprint density at radius 2 is 1.51 bits per heavy atom. The van der Waals surface area contributed by atoms with Crippen molar-refractivity contribution in [1.29, 1.82) is 0 Å². The fourth-order valence-electron chi connectivity index (χ4n) is 5.61. The molecule has 9 nitrogen and oxygen atoms in total. The van der Waals surface area contributed by atoms with Gasteiger partial charge in [-0.25, -0.2) is 9.59 Å². The van der Waals surface area contributed by atoms with Crippen LogP contribution in [-0.4, -0.2) is 72.1 Å². The highest BCUT2D eigenvalue weighted by molar-refractivity contribution is 6.00. The van der Waals surface area contributed by atoms with Gasteiger partial charge in [0.15, 0.2) is 0 Å². The lowest BCUT2D eigenvalue weighted by atomic mass is 9.63. The molecule has 4 N–H and O–H groups in total. The van der Waals surface area contributed by atoms with Crippen molar-refractivity contribution < 1.29 is 34.4 Å². The summed E-state index contributed by atoms with van der Waals surface area (Å²) in [5.74, 6) is -1.02. The van der Waals surface area contributed by atoms with Crippen LogP contribution in [0.25, 0.3) is 0 Å². The zero-order valence-corrected chi connectivity index (χ0v) is 24.4. The van der Waals surface area contributed by atoms with E-state index in [0.29, 0.717) is 48.6 Å². The molecule has 1 unspecified atom stereocenters. The lowest BCUT2D eigenvalue weighted by molar-refractivity contribution is -0.134. The highest BCUT2D eigenvalue weighted by Crippen LogP contribution is 2.50. The average Bonchev–Trinajstić information content (AvgIpc) is 2.96. The molecule has 1 heterocycles. The monoisotopic (exact) mass is 566 g/mol. The van der Waals surface area contributed by atoms with Crippen molar-refractivity contribution in [3.63, 3.8) is 0 Å². The van der Waals surface area contributed by atoms with Crippen molar-refractivity contribution in [3.05, 3.63) is 82.7 Å². The van der Waals surface area contributed by atoms with Crippen molar-refractivity contribution in [3.8, 4) is 11.5 Å². The summed E-state index contributed by atoms with van der Waals surface area (Å²) in [5, 5.41) is 34.2. The van der Waals surface area contributed by atoms with Gasteiger partial charge in [0.25, 0.3) is 0 Å². The van der Waals surface area contributed by atoms with Crippen LogP contribution in [0.5, 0.6) is 11.5 Å². The van der Waals surface area contributed by atoms with Gasteiger partial charge in [0.05, 0.1) is 23.7 Å². The summed E-state index contributed by atoms with van der Waals surface area (Å²) >= 11 is 0. The Morgan fingerprint density at radius 3 is 2.12 bits per heavy atom. The topological polar surface area (TPSA) is 129 Å². The highest BCUT2D eigenvalue weighted by Gasteiger charge is 2.51. The quantitative estimate of drug-likeness (QED) is 0.216. The van der Waals surface area contributed by atoms with Gasteiger partial charge in [-0.1, -0.05) is 49.6 Å². The van der Waals surface area contributed by atoms with Crippen LogP contribution in [0.15, 0.2) is 77.1 Å². The molecule has 3 rings (SSSR count). The fourth-order valence-corrected chi connectivity index (χ4v) is 5.61. The summed E-state index contributed by atoms with van der Waals surface area (Å²) in [6, 6.07) is 16.4. The summed E-state index contributed by atoms with van der Waals surface area (Å²) in [6.45, 7) is 4.79. The van der Waals surface area contributed by atoms with Crippen LogP contribution in [0.2, 0.25) is 0 Å². The van der Waals surface area contributed by atoms with Crippen LogP contribution < -0.4 is 14.8 Å². The summed E-state index contributed by atoms with van der Waals surface area (Å²) < 4.78 is 11.0. The summed E-state index contributed by atoms with van der Waals surface area (Å²) in [5.41, 5.74) is 0.429. The maximum absolute atomic E-state index is 12.7. The summed E-state index contributed by atoms with van der Waals surface area (Å²) in [4.78, 5) is 27.1. The molecule has 2 aromatic rings. The van der Waals surface area contributed by atoms with Crippen molar-refractivity contribution in [2.24, 2.45) is 0 Å². The first-order valence-electron chi connectivity index (χ1n) is 14.0. The number of hydrogen-bond acceptors (Lipinski definition) is 7. The lowest BCUT2D eigenvalue weighted by Gasteiger charge is -2.44. The molecule has 1 aliphatic heterocycles. The molecule has 0 bridgehead atoms. The van der Waals surface area contributed by atoms with Crippen molar-refractivity contribution in [1.82, 2.24) is 10.2 Å². The SMILES string of the molecule is COc1cccc(C2(CCCCCCNCC(O)COc3ccccc3)C(C(=O)O)=C(C)N(C)C(C)=C2C(=O)O)c1. The number of rotatable bonds is 16. The second-order valence-electron chi connectivity index (χ2n) is 10.4. The Kier molecular flexibility index (Phi) is 11.4. The summed E-state index contributed by atoms with van der Waals surface area (Å²) in [7, 11) is 3.23. The summed E-state index contributed by atoms with van der Waals surface area (Å²) in [6.07, 6.45) is 2.85. The number of aliphatic hydroxyl groups is 1. The highest BCUT2D eigenvalue weighted by atomic mass is 16.5. The van der Waals surface area contributed by atoms with Crippen molar-refractivity contribution in [2.45, 2.75) is 57.5 Å².